The quantitative estimate of drug-likeness (QED) is 0.898. The predicted molar refractivity (Wildman–Crippen MR) is 79.4 cm³/mol. The molecule has 106 valence electrons. The Bertz CT molecular complexity index is 414. The molecule has 0 amide bonds. The lowest BCUT2D eigenvalue weighted by Crippen LogP contribution is -2.44. The molecule has 1 atom stereocenters. The summed E-state index contributed by atoms with van der Waals surface area (Å²) in [7, 11) is 0. The van der Waals surface area contributed by atoms with Crippen LogP contribution in [0.2, 0.25) is 0 Å². The van der Waals surface area contributed by atoms with Gasteiger partial charge < -0.3 is 15.2 Å². The van der Waals surface area contributed by atoms with Crippen molar-refractivity contribution < 1.29 is 9.47 Å². The summed E-state index contributed by atoms with van der Waals surface area (Å²) in [6, 6.07) is 5.91. The minimum atomic E-state index is 0.142. The second-order valence-corrected chi connectivity index (χ2v) is 5.57. The van der Waals surface area contributed by atoms with Crippen LogP contribution in [0, 0.1) is 0 Å². The fraction of sp³-hybridized carbons (Fsp3) is 0.571. The summed E-state index contributed by atoms with van der Waals surface area (Å²) in [5, 5.41) is 0. The molecule has 1 heterocycles. The van der Waals surface area contributed by atoms with Crippen molar-refractivity contribution in [3.05, 3.63) is 28.2 Å². The SMILES string of the molecule is CCN1CCOC(COc2ccc(Br)cc2CN)C1. The maximum Gasteiger partial charge on any atom is 0.123 e. The summed E-state index contributed by atoms with van der Waals surface area (Å²) in [6.45, 7) is 7.01. The number of likely N-dealkylation sites (N-methyl/N-ethyl adjacent to an activating group) is 1. The molecule has 4 nitrogen and oxygen atoms in total. The van der Waals surface area contributed by atoms with Gasteiger partial charge in [0.2, 0.25) is 0 Å². The molecular formula is C14H21BrN2O2. The maximum atomic E-state index is 5.86. The highest BCUT2D eigenvalue weighted by Gasteiger charge is 2.20. The molecule has 19 heavy (non-hydrogen) atoms. The summed E-state index contributed by atoms with van der Waals surface area (Å²) in [6.07, 6.45) is 0.142. The lowest BCUT2D eigenvalue weighted by atomic mass is 10.2. The van der Waals surface area contributed by atoms with Gasteiger partial charge in [-0.15, -0.1) is 0 Å². The van der Waals surface area contributed by atoms with E-state index >= 15 is 0 Å². The van der Waals surface area contributed by atoms with Crippen LogP contribution in [0.25, 0.3) is 0 Å². The number of hydrogen-bond acceptors (Lipinski definition) is 4. The Kier molecular flexibility index (Phi) is 5.63. The van der Waals surface area contributed by atoms with Gasteiger partial charge in [-0.05, 0) is 24.7 Å². The number of rotatable bonds is 5. The van der Waals surface area contributed by atoms with Crippen LogP contribution in [0.3, 0.4) is 0 Å². The summed E-state index contributed by atoms with van der Waals surface area (Å²) >= 11 is 3.44. The molecule has 1 aromatic carbocycles. The van der Waals surface area contributed by atoms with Gasteiger partial charge in [-0.2, -0.15) is 0 Å². The van der Waals surface area contributed by atoms with E-state index in [-0.39, 0.29) is 6.10 Å². The average Bonchev–Trinajstić information content (AvgIpc) is 2.46. The van der Waals surface area contributed by atoms with Crippen LogP contribution in [-0.2, 0) is 11.3 Å². The number of morpholine rings is 1. The molecule has 5 heteroatoms. The van der Waals surface area contributed by atoms with Gasteiger partial charge in [0.1, 0.15) is 18.5 Å². The van der Waals surface area contributed by atoms with E-state index in [1.165, 1.54) is 0 Å². The van der Waals surface area contributed by atoms with Crippen molar-refractivity contribution >= 4 is 15.9 Å². The topological polar surface area (TPSA) is 47.7 Å². The molecular weight excluding hydrogens is 308 g/mol. The van der Waals surface area contributed by atoms with Gasteiger partial charge >= 0.3 is 0 Å². The fourth-order valence-corrected chi connectivity index (χ4v) is 2.61. The molecule has 1 fully saturated rings. The molecule has 1 saturated heterocycles. The summed E-state index contributed by atoms with van der Waals surface area (Å²) < 4.78 is 12.6. The van der Waals surface area contributed by atoms with E-state index in [0.29, 0.717) is 13.2 Å². The number of hydrogen-bond donors (Lipinski definition) is 1. The number of nitrogens with zero attached hydrogens (tertiary/aromatic N) is 1. The highest BCUT2D eigenvalue weighted by Crippen LogP contribution is 2.23. The molecule has 1 unspecified atom stereocenters. The highest BCUT2D eigenvalue weighted by molar-refractivity contribution is 9.10. The van der Waals surface area contributed by atoms with Gasteiger partial charge in [-0.3, -0.25) is 4.90 Å². The zero-order valence-corrected chi connectivity index (χ0v) is 12.9. The second-order valence-electron chi connectivity index (χ2n) is 4.65. The van der Waals surface area contributed by atoms with Gasteiger partial charge in [0.25, 0.3) is 0 Å². The van der Waals surface area contributed by atoms with Crippen LogP contribution >= 0.6 is 15.9 Å². The van der Waals surface area contributed by atoms with Crippen LogP contribution in [0.1, 0.15) is 12.5 Å². The highest BCUT2D eigenvalue weighted by atomic mass is 79.9. The summed E-state index contributed by atoms with van der Waals surface area (Å²) in [4.78, 5) is 2.38. The molecule has 0 aliphatic carbocycles. The Morgan fingerprint density at radius 3 is 3.11 bits per heavy atom. The lowest BCUT2D eigenvalue weighted by Gasteiger charge is -2.32. The standard InChI is InChI=1S/C14H21BrN2O2/c1-2-17-5-6-18-13(9-17)10-19-14-4-3-12(15)7-11(14)8-16/h3-4,7,13H,2,5-6,8-10,16H2,1H3. The van der Waals surface area contributed by atoms with Crippen molar-refractivity contribution in [2.75, 3.05) is 32.8 Å². The Hall–Kier alpha value is -0.620. The third-order valence-electron chi connectivity index (χ3n) is 3.34. The number of ether oxygens (including phenoxy) is 2. The van der Waals surface area contributed by atoms with Crippen molar-refractivity contribution in [3.63, 3.8) is 0 Å². The van der Waals surface area contributed by atoms with E-state index < -0.39 is 0 Å². The molecule has 0 radical (unpaired) electrons. The second kappa shape index (κ2) is 7.24. The summed E-state index contributed by atoms with van der Waals surface area (Å²) in [5.74, 6) is 0.850. The van der Waals surface area contributed by atoms with E-state index in [4.69, 9.17) is 15.2 Å². The molecule has 0 bridgehead atoms. The number of halogens is 1. The third kappa shape index (κ3) is 4.18. The van der Waals surface area contributed by atoms with Gasteiger partial charge in [0.15, 0.2) is 0 Å². The molecule has 0 spiro atoms. The Balaban J connectivity index is 1.91. The van der Waals surface area contributed by atoms with Crippen LogP contribution in [0.5, 0.6) is 5.75 Å². The molecule has 1 aliphatic rings. The molecule has 0 saturated carbocycles. The first kappa shape index (κ1) is 14.8. The average molecular weight is 329 g/mol. The molecule has 0 aromatic heterocycles. The van der Waals surface area contributed by atoms with Gasteiger partial charge in [0, 0.05) is 29.7 Å². The zero-order valence-electron chi connectivity index (χ0n) is 11.3. The van der Waals surface area contributed by atoms with Crippen molar-refractivity contribution in [1.82, 2.24) is 4.90 Å². The first-order valence-corrected chi connectivity index (χ1v) is 7.47. The van der Waals surface area contributed by atoms with E-state index in [0.717, 1.165) is 42.0 Å². The summed E-state index contributed by atoms with van der Waals surface area (Å²) in [5.41, 5.74) is 6.74. The van der Waals surface area contributed by atoms with E-state index in [1.807, 2.05) is 18.2 Å². The van der Waals surface area contributed by atoms with Gasteiger partial charge in [0.05, 0.1) is 6.61 Å². The third-order valence-corrected chi connectivity index (χ3v) is 3.83. The van der Waals surface area contributed by atoms with Crippen LogP contribution < -0.4 is 10.5 Å². The Labute approximate surface area is 123 Å². The van der Waals surface area contributed by atoms with Crippen molar-refractivity contribution in [2.45, 2.75) is 19.6 Å². The van der Waals surface area contributed by atoms with Crippen molar-refractivity contribution in [3.8, 4) is 5.75 Å². The molecule has 2 N–H and O–H groups in total. The fourth-order valence-electron chi connectivity index (χ4n) is 2.20. The minimum Gasteiger partial charge on any atom is -0.490 e. The maximum absolute atomic E-state index is 5.86. The van der Waals surface area contributed by atoms with E-state index in [9.17, 15) is 0 Å². The van der Waals surface area contributed by atoms with Crippen molar-refractivity contribution in [1.29, 1.82) is 0 Å². The lowest BCUT2D eigenvalue weighted by molar-refractivity contribution is -0.0465. The van der Waals surface area contributed by atoms with Crippen LogP contribution in [0.4, 0.5) is 0 Å². The van der Waals surface area contributed by atoms with Gasteiger partial charge in [-0.1, -0.05) is 22.9 Å². The molecule has 1 aliphatic heterocycles. The van der Waals surface area contributed by atoms with Crippen LogP contribution in [-0.4, -0.2) is 43.9 Å². The number of benzene rings is 1. The smallest absolute Gasteiger partial charge is 0.123 e. The van der Waals surface area contributed by atoms with Crippen molar-refractivity contribution in [2.24, 2.45) is 5.73 Å². The van der Waals surface area contributed by atoms with Crippen LogP contribution in [0.15, 0.2) is 22.7 Å². The largest absolute Gasteiger partial charge is 0.490 e. The first-order valence-electron chi connectivity index (χ1n) is 6.68. The predicted octanol–water partition coefficient (Wildman–Crippen LogP) is 2.01. The minimum absolute atomic E-state index is 0.142. The monoisotopic (exact) mass is 328 g/mol. The van der Waals surface area contributed by atoms with E-state index in [1.54, 1.807) is 0 Å². The normalized spacial score (nSPS) is 20.5. The first-order chi connectivity index (χ1) is 9.22. The van der Waals surface area contributed by atoms with Gasteiger partial charge in [-0.25, -0.2) is 0 Å². The Morgan fingerprint density at radius 2 is 2.37 bits per heavy atom. The van der Waals surface area contributed by atoms with E-state index in [2.05, 4.69) is 27.8 Å². The Morgan fingerprint density at radius 1 is 1.53 bits per heavy atom. The number of nitrogens with two attached hydrogens (primary N) is 1. The zero-order chi connectivity index (χ0) is 13.7. The molecule has 1 aromatic rings. The molecule has 2 rings (SSSR count).